The van der Waals surface area contributed by atoms with Gasteiger partial charge in [0.2, 0.25) is 0 Å². The van der Waals surface area contributed by atoms with E-state index in [-0.39, 0.29) is 5.13 Å². The molecule has 0 saturated heterocycles. The fourth-order valence-electron chi connectivity index (χ4n) is 0.759. The molecule has 1 heterocycles. The number of halogens is 1. The van der Waals surface area contributed by atoms with Crippen molar-refractivity contribution in [1.82, 2.24) is 0 Å². The minimum absolute atomic E-state index is 0.174. The molecule has 3 heteroatoms. The first-order valence-electron chi connectivity index (χ1n) is 3.04. The maximum absolute atomic E-state index is 12.8. The molecule has 0 radical (unpaired) electrons. The van der Waals surface area contributed by atoms with Gasteiger partial charge in [0.05, 0.1) is 0 Å². The van der Waals surface area contributed by atoms with E-state index in [9.17, 15) is 4.39 Å². The fraction of sp³-hybridized carbons (Fsp3) is 0.429. The molecular weight excluding hydrogens is 149 g/mol. The first kappa shape index (κ1) is 7.69. The van der Waals surface area contributed by atoms with Gasteiger partial charge in [-0.2, -0.15) is 4.39 Å². The molecular formula is C7H10FNS. The third kappa shape index (κ3) is 1.36. The van der Waals surface area contributed by atoms with Gasteiger partial charge in [-0.15, -0.1) is 11.3 Å². The molecule has 1 aromatic heterocycles. The first-order chi connectivity index (χ1) is 4.52. The SMILES string of the molecule is CC(C)(N)c1ccsc1F. The van der Waals surface area contributed by atoms with E-state index < -0.39 is 5.54 Å². The van der Waals surface area contributed by atoms with Crippen LogP contribution in [0.15, 0.2) is 11.4 Å². The highest BCUT2D eigenvalue weighted by molar-refractivity contribution is 7.08. The number of hydrogen-bond donors (Lipinski definition) is 1. The standard InChI is InChI=1S/C7H10FNS/c1-7(2,9)5-3-4-10-6(5)8/h3-4H,9H2,1-2H3. The van der Waals surface area contributed by atoms with E-state index in [1.807, 2.05) is 0 Å². The molecule has 1 aromatic rings. The molecule has 0 aliphatic rings. The summed E-state index contributed by atoms with van der Waals surface area (Å²) < 4.78 is 12.8. The normalized spacial score (nSPS) is 12.0. The third-order valence-electron chi connectivity index (χ3n) is 1.31. The molecule has 0 spiro atoms. The van der Waals surface area contributed by atoms with Crippen LogP contribution in [-0.4, -0.2) is 0 Å². The topological polar surface area (TPSA) is 26.0 Å². The van der Waals surface area contributed by atoms with Crippen LogP contribution in [0.25, 0.3) is 0 Å². The quantitative estimate of drug-likeness (QED) is 0.667. The Morgan fingerprint density at radius 3 is 2.40 bits per heavy atom. The summed E-state index contributed by atoms with van der Waals surface area (Å²) in [6.45, 7) is 3.58. The number of nitrogens with two attached hydrogens (primary N) is 1. The van der Waals surface area contributed by atoms with Crippen LogP contribution in [0, 0.1) is 5.13 Å². The van der Waals surface area contributed by atoms with Crippen LogP contribution in [0.3, 0.4) is 0 Å². The summed E-state index contributed by atoms with van der Waals surface area (Å²) in [5.41, 5.74) is 5.71. The van der Waals surface area contributed by atoms with E-state index in [4.69, 9.17) is 5.73 Å². The summed E-state index contributed by atoms with van der Waals surface area (Å²) in [7, 11) is 0. The molecule has 1 rings (SSSR count). The van der Waals surface area contributed by atoms with Crippen LogP contribution >= 0.6 is 11.3 Å². The van der Waals surface area contributed by atoms with Crippen molar-refractivity contribution in [2.45, 2.75) is 19.4 Å². The van der Waals surface area contributed by atoms with Gasteiger partial charge in [-0.05, 0) is 25.3 Å². The largest absolute Gasteiger partial charge is 0.322 e. The average Bonchev–Trinajstić information content (AvgIpc) is 2.11. The molecule has 56 valence electrons. The third-order valence-corrected chi connectivity index (χ3v) is 2.01. The molecule has 1 nitrogen and oxygen atoms in total. The van der Waals surface area contributed by atoms with Gasteiger partial charge in [0.1, 0.15) is 0 Å². The van der Waals surface area contributed by atoms with Gasteiger partial charge in [-0.3, -0.25) is 0 Å². The monoisotopic (exact) mass is 159 g/mol. The number of thiophene rings is 1. The molecule has 0 aromatic carbocycles. The van der Waals surface area contributed by atoms with E-state index in [0.29, 0.717) is 5.56 Å². The van der Waals surface area contributed by atoms with Crippen LogP contribution in [-0.2, 0) is 5.54 Å². The Hall–Kier alpha value is -0.410. The van der Waals surface area contributed by atoms with Crippen LogP contribution in [0.4, 0.5) is 4.39 Å². The molecule has 0 amide bonds. The highest BCUT2D eigenvalue weighted by atomic mass is 32.1. The predicted octanol–water partition coefficient (Wildman–Crippen LogP) is 2.08. The van der Waals surface area contributed by atoms with Crippen LogP contribution < -0.4 is 5.73 Å². The van der Waals surface area contributed by atoms with Gasteiger partial charge in [0, 0.05) is 11.1 Å². The van der Waals surface area contributed by atoms with E-state index in [1.54, 1.807) is 25.3 Å². The van der Waals surface area contributed by atoms with Crippen LogP contribution in [0.5, 0.6) is 0 Å². The lowest BCUT2D eigenvalue weighted by atomic mass is 9.99. The molecule has 0 fully saturated rings. The van der Waals surface area contributed by atoms with Gasteiger partial charge in [-0.1, -0.05) is 0 Å². The van der Waals surface area contributed by atoms with Gasteiger partial charge in [-0.25, -0.2) is 0 Å². The average molecular weight is 159 g/mol. The summed E-state index contributed by atoms with van der Waals surface area (Å²) in [4.78, 5) is 0. The molecule has 0 saturated carbocycles. The van der Waals surface area contributed by atoms with E-state index in [1.165, 1.54) is 0 Å². The van der Waals surface area contributed by atoms with Crippen molar-refractivity contribution in [2.24, 2.45) is 5.73 Å². The minimum Gasteiger partial charge on any atom is -0.322 e. The summed E-state index contributed by atoms with van der Waals surface area (Å²) in [5.74, 6) is 0. The molecule has 0 bridgehead atoms. The Balaban J connectivity index is 3.05. The fourth-order valence-corrected chi connectivity index (χ4v) is 1.54. The zero-order valence-electron chi connectivity index (χ0n) is 6.02. The van der Waals surface area contributed by atoms with Crippen molar-refractivity contribution < 1.29 is 4.39 Å². The molecule has 0 atom stereocenters. The second kappa shape index (κ2) is 2.32. The summed E-state index contributed by atoms with van der Waals surface area (Å²) in [5, 5.41) is 1.53. The Kier molecular flexibility index (Phi) is 1.79. The zero-order chi connectivity index (χ0) is 7.78. The molecule has 0 unspecified atom stereocenters. The first-order valence-corrected chi connectivity index (χ1v) is 3.92. The van der Waals surface area contributed by atoms with Crippen molar-refractivity contribution in [3.8, 4) is 0 Å². The van der Waals surface area contributed by atoms with Crippen LogP contribution in [0.2, 0.25) is 0 Å². The van der Waals surface area contributed by atoms with E-state index in [0.717, 1.165) is 11.3 Å². The number of rotatable bonds is 1. The summed E-state index contributed by atoms with van der Waals surface area (Å²) in [6, 6.07) is 1.72. The minimum atomic E-state index is -0.552. The Bertz CT molecular complexity index is 224. The van der Waals surface area contributed by atoms with Crippen LogP contribution in [0.1, 0.15) is 19.4 Å². The van der Waals surface area contributed by atoms with Crippen molar-refractivity contribution in [3.05, 3.63) is 22.1 Å². The van der Waals surface area contributed by atoms with Crippen molar-refractivity contribution in [2.75, 3.05) is 0 Å². The Labute approximate surface area is 63.7 Å². The predicted molar refractivity (Wildman–Crippen MR) is 41.5 cm³/mol. The van der Waals surface area contributed by atoms with E-state index >= 15 is 0 Å². The van der Waals surface area contributed by atoms with Crippen molar-refractivity contribution in [1.29, 1.82) is 0 Å². The lowest BCUT2D eigenvalue weighted by molar-refractivity contribution is 0.514. The number of hydrogen-bond acceptors (Lipinski definition) is 2. The Morgan fingerprint density at radius 1 is 1.60 bits per heavy atom. The van der Waals surface area contributed by atoms with Crippen molar-refractivity contribution >= 4 is 11.3 Å². The zero-order valence-corrected chi connectivity index (χ0v) is 6.83. The Morgan fingerprint density at radius 2 is 2.20 bits per heavy atom. The highest BCUT2D eigenvalue weighted by Crippen LogP contribution is 2.23. The van der Waals surface area contributed by atoms with Gasteiger partial charge in [0.15, 0.2) is 5.13 Å². The van der Waals surface area contributed by atoms with E-state index in [2.05, 4.69) is 0 Å². The van der Waals surface area contributed by atoms with Crippen molar-refractivity contribution in [3.63, 3.8) is 0 Å². The molecule has 0 aliphatic heterocycles. The van der Waals surface area contributed by atoms with Gasteiger partial charge in [0.25, 0.3) is 0 Å². The highest BCUT2D eigenvalue weighted by Gasteiger charge is 2.18. The van der Waals surface area contributed by atoms with Gasteiger partial charge >= 0.3 is 0 Å². The second-order valence-electron chi connectivity index (χ2n) is 2.83. The maximum atomic E-state index is 12.8. The second-order valence-corrected chi connectivity index (χ2v) is 3.70. The molecule has 2 N–H and O–H groups in total. The lowest BCUT2D eigenvalue weighted by Gasteiger charge is -2.16. The molecule has 0 aliphatic carbocycles. The summed E-state index contributed by atoms with van der Waals surface area (Å²) >= 11 is 1.08. The molecule has 10 heavy (non-hydrogen) atoms. The summed E-state index contributed by atoms with van der Waals surface area (Å²) in [6.07, 6.45) is 0. The smallest absolute Gasteiger partial charge is 0.181 e. The lowest BCUT2D eigenvalue weighted by Crippen LogP contribution is -2.28. The maximum Gasteiger partial charge on any atom is 0.181 e. The van der Waals surface area contributed by atoms with Gasteiger partial charge < -0.3 is 5.73 Å².